The van der Waals surface area contributed by atoms with Gasteiger partial charge in [-0.25, -0.2) is 4.98 Å². The molecule has 124 valence electrons. The van der Waals surface area contributed by atoms with E-state index < -0.39 is 0 Å². The van der Waals surface area contributed by atoms with Gasteiger partial charge in [0, 0.05) is 28.7 Å². The van der Waals surface area contributed by atoms with Crippen molar-refractivity contribution in [1.29, 1.82) is 0 Å². The number of nitrogens with one attached hydrogen (secondary N) is 1. The van der Waals surface area contributed by atoms with Gasteiger partial charge >= 0.3 is 0 Å². The van der Waals surface area contributed by atoms with Crippen molar-refractivity contribution in [2.24, 2.45) is 0 Å². The lowest BCUT2D eigenvalue weighted by molar-refractivity contribution is 0.475. The SMILES string of the molecule is Cc1ccc(Nc2c(-c3ccc(O)cc3)nc3cnccn23)cc1Cl. The highest BCUT2D eigenvalue weighted by atomic mass is 35.5. The summed E-state index contributed by atoms with van der Waals surface area (Å²) < 4.78 is 1.93. The van der Waals surface area contributed by atoms with E-state index in [1.165, 1.54) is 0 Å². The predicted octanol–water partition coefficient (Wildman–Crippen LogP) is 4.81. The van der Waals surface area contributed by atoms with Gasteiger partial charge in [-0.05, 0) is 48.9 Å². The third-order valence-electron chi connectivity index (χ3n) is 4.01. The highest BCUT2D eigenvalue weighted by Crippen LogP contribution is 2.32. The third-order valence-corrected chi connectivity index (χ3v) is 4.41. The normalized spacial score (nSPS) is 11.0. The molecule has 0 spiro atoms. The Hall–Kier alpha value is -3.05. The highest BCUT2D eigenvalue weighted by Gasteiger charge is 2.15. The van der Waals surface area contributed by atoms with Crippen LogP contribution in [0.15, 0.2) is 61.1 Å². The van der Waals surface area contributed by atoms with Crippen LogP contribution in [0.4, 0.5) is 11.5 Å². The fraction of sp³-hybridized carbons (Fsp3) is 0.0526. The molecule has 0 aliphatic heterocycles. The number of phenols is 1. The number of nitrogens with zero attached hydrogens (tertiary/aromatic N) is 3. The standard InChI is InChI=1S/C19H15ClN4O/c1-12-2-5-14(10-16(12)20)22-19-18(13-3-6-15(25)7-4-13)23-17-11-21-8-9-24(17)19/h2-11,22,25H,1H3. The first-order valence-corrected chi connectivity index (χ1v) is 8.14. The van der Waals surface area contributed by atoms with Gasteiger partial charge in [0.1, 0.15) is 17.3 Å². The summed E-state index contributed by atoms with van der Waals surface area (Å²) in [6.45, 7) is 1.97. The number of imidazole rings is 1. The Labute approximate surface area is 149 Å². The second-order valence-corrected chi connectivity index (χ2v) is 6.16. The van der Waals surface area contributed by atoms with Crippen LogP contribution >= 0.6 is 11.6 Å². The van der Waals surface area contributed by atoms with E-state index in [1.54, 1.807) is 24.5 Å². The molecule has 0 saturated carbocycles. The third kappa shape index (κ3) is 2.90. The lowest BCUT2D eigenvalue weighted by Gasteiger charge is -2.10. The summed E-state index contributed by atoms with van der Waals surface area (Å²) >= 11 is 6.25. The molecule has 2 aromatic carbocycles. The minimum absolute atomic E-state index is 0.217. The second-order valence-electron chi connectivity index (χ2n) is 5.75. The molecule has 2 heterocycles. The van der Waals surface area contributed by atoms with Gasteiger partial charge in [0.25, 0.3) is 0 Å². The molecule has 2 N–H and O–H groups in total. The quantitative estimate of drug-likeness (QED) is 0.556. The Morgan fingerprint density at radius 1 is 1.12 bits per heavy atom. The largest absolute Gasteiger partial charge is 0.508 e. The number of phenolic OH excluding ortho intramolecular Hbond substituents is 1. The maximum absolute atomic E-state index is 9.54. The van der Waals surface area contributed by atoms with Crippen LogP contribution in [-0.4, -0.2) is 19.5 Å². The zero-order valence-corrected chi connectivity index (χ0v) is 14.2. The van der Waals surface area contributed by atoms with Crippen molar-refractivity contribution in [2.75, 3.05) is 5.32 Å². The molecule has 5 nitrogen and oxygen atoms in total. The van der Waals surface area contributed by atoms with Crippen molar-refractivity contribution in [3.8, 4) is 17.0 Å². The molecule has 0 unspecified atom stereocenters. The summed E-state index contributed by atoms with van der Waals surface area (Å²) in [5.41, 5.74) is 4.28. The number of halogens is 1. The number of rotatable bonds is 3. The molecule has 2 aromatic heterocycles. The monoisotopic (exact) mass is 350 g/mol. The average Bonchev–Trinajstić information content (AvgIpc) is 2.97. The van der Waals surface area contributed by atoms with Gasteiger partial charge in [0.2, 0.25) is 0 Å². The molecule has 0 aliphatic carbocycles. The van der Waals surface area contributed by atoms with E-state index in [1.807, 2.05) is 47.9 Å². The summed E-state index contributed by atoms with van der Waals surface area (Å²) in [4.78, 5) is 8.81. The number of anilines is 2. The van der Waals surface area contributed by atoms with Crippen LogP contribution in [0.1, 0.15) is 5.56 Å². The van der Waals surface area contributed by atoms with E-state index in [4.69, 9.17) is 11.6 Å². The van der Waals surface area contributed by atoms with Crippen molar-refractivity contribution in [3.63, 3.8) is 0 Å². The second kappa shape index (κ2) is 6.11. The van der Waals surface area contributed by atoms with E-state index in [0.29, 0.717) is 5.02 Å². The van der Waals surface area contributed by atoms with Crippen LogP contribution < -0.4 is 5.32 Å². The van der Waals surface area contributed by atoms with Gasteiger partial charge in [-0.15, -0.1) is 0 Å². The Morgan fingerprint density at radius 3 is 2.68 bits per heavy atom. The first-order chi connectivity index (χ1) is 12.1. The fourth-order valence-corrected chi connectivity index (χ4v) is 2.83. The molecule has 0 bridgehead atoms. The minimum atomic E-state index is 0.217. The maximum atomic E-state index is 9.54. The minimum Gasteiger partial charge on any atom is -0.508 e. The average molecular weight is 351 g/mol. The first kappa shape index (κ1) is 15.5. The lowest BCUT2D eigenvalue weighted by atomic mass is 10.1. The number of hydrogen-bond acceptors (Lipinski definition) is 4. The number of aromatic nitrogens is 3. The van der Waals surface area contributed by atoms with Gasteiger partial charge < -0.3 is 10.4 Å². The van der Waals surface area contributed by atoms with Crippen LogP contribution in [0.5, 0.6) is 5.75 Å². The van der Waals surface area contributed by atoms with Crippen molar-refractivity contribution in [1.82, 2.24) is 14.4 Å². The fourth-order valence-electron chi connectivity index (χ4n) is 2.65. The molecule has 6 heteroatoms. The van der Waals surface area contributed by atoms with Crippen LogP contribution in [-0.2, 0) is 0 Å². The summed E-state index contributed by atoms with van der Waals surface area (Å²) in [5, 5.41) is 13.6. The van der Waals surface area contributed by atoms with Crippen LogP contribution in [0, 0.1) is 6.92 Å². The molecule has 0 radical (unpaired) electrons. The molecule has 0 fully saturated rings. The molecule has 0 atom stereocenters. The smallest absolute Gasteiger partial charge is 0.157 e. The Bertz CT molecular complexity index is 1060. The molecule has 25 heavy (non-hydrogen) atoms. The van der Waals surface area contributed by atoms with E-state index >= 15 is 0 Å². The van der Waals surface area contributed by atoms with Gasteiger partial charge in [-0.1, -0.05) is 17.7 Å². The molecule has 0 amide bonds. The van der Waals surface area contributed by atoms with Gasteiger partial charge in [-0.3, -0.25) is 9.38 Å². The number of hydrogen-bond donors (Lipinski definition) is 2. The summed E-state index contributed by atoms with van der Waals surface area (Å²) in [5.74, 6) is 1.03. The summed E-state index contributed by atoms with van der Waals surface area (Å²) in [7, 11) is 0. The van der Waals surface area contributed by atoms with E-state index in [-0.39, 0.29) is 5.75 Å². The van der Waals surface area contributed by atoms with Crippen molar-refractivity contribution in [2.45, 2.75) is 6.92 Å². The van der Waals surface area contributed by atoms with Crippen LogP contribution in [0.2, 0.25) is 5.02 Å². The van der Waals surface area contributed by atoms with Crippen molar-refractivity contribution in [3.05, 3.63) is 71.6 Å². The van der Waals surface area contributed by atoms with E-state index in [0.717, 1.165) is 34.0 Å². The predicted molar refractivity (Wildman–Crippen MR) is 99.6 cm³/mol. The molecule has 4 aromatic rings. The Kier molecular flexibility index (Phi) is 3.78. The number of aryl methyl sites for hydroxylation is 1. The molecule has 4 rings (SSSR count). The van der Waals surface area contributed by atoms with Crippen LogP contribution in [0.3, 0.4) is 0 Å². The molecule has 0 aliphatic rings. The zero-order valence-electron chi connectivity index (χ0n) is 13.4. The van der Waals surface area contributed by atoms with Gasteiger partial charge in [0.15, 0.2) is 5.65 Å². The van der Waals surface area contributed by atoms with Crippen LogP contribution in [0.25, 0.3) is 16.9 Å². The summed E-state index contributed by atoms with van der Waals surface area (Å²) in [6, 6.07) is 12.8. The first-order valence-electron chi connectivity index (χ1n) is 7.76. The number of benzene rings is 2. The Morgan fingerprint density at radius 2 is 1.92 bits per heavy atom. The van der Waals surface area contributed by atoms with E-state index in [9.17, 15) is 5.11 Å². The zero-order chi connectivity index (χ0) is 17.4. The van der Waals surface area contributed by atoms with Crippen molar-refractivity contribution < 1.29 is 5.11 Å². The van der Waals surface area contributed by atoms with Gasteiger partial charge in [-0.2, -0.15) is 0 Å². The van der Waals surface area contributed by atoms with Gasteiger partial charge in [0.05, 0.1) is 6.20 Å². The molecular weight excluding hydrogens is 336 g/mol. The lowest BCUT2D eigenvalue weighted by Crippen LogP contribution is -1.97. The molecular formula is C19H15ClN4O. The summed E-state index contributed by atoms with van der Waals surface area (Å²) in [6.07, 6.45) is 5.27. The number of fused-ring (bicyclic) bond motifs is 1. The number of aromatic hydroxyl groups is 1. The molecule has 0 saturated heterocycles. The highest BCUT2D eigenvalue weighted by molar-refractivity contribution is 6.31. The topological polar surface area (TPSA) is 62.5 Å². The van der Waals surface area contributed by atoms with E-state index in [2.05, 4.69) is 15.3 Å². The Balaban J connectivity index is 1.87. The maximum Gasteiger partial charge on any atom is 0.157 e. The van der Waals surface area contributed by atoms with Crippen molar-refractivity contribution >= 4 is 28.8 Å².